The fourth-order valence-corrected chi connectivity index (χ4v) is 12.5. The van der Waals surface area contributed by atoms with Crippen molar-refractivity contribution in [1.29, 1.82) is 0 Å². The molecule has 0 aliphatic heterocycles. The lowest BCUT2D eigenvalue weighted by Crippen LogP contribution is -2.26. The summed E-state index contributed by atoms with van der Waals surface area (Å²) in [5, 5.41) is 8.89. The Bertz CT molecular complexity index is 4350. The van der Waals surface area contributed by atoms with Crippen LogP contribution in [-0.2, 0) is 5.41 Å². The van der Waals surface area contributed by atoms with Crippen molar-refractivity contribution in [3.8, 4) is 50.7 Å². The van der Waals surface area contributed by atoms with E-state index in [1.807, 2.05) is 24.3 Å². The van der Waals surface area contributed by atoms with E-state index in [4.69, 9.17) is 18.8 Å². The third-order valence-corrected chi connectivity index (χ3v) is 15.0. The summed E-state index contributed by atoms with van der Waals surface area (Å²) in [4.78, 5) is 11.6. The maximum absolute atomic E-state index is 6.51. The van der Waals surface area contributed by atoms with E-state index in [9.17, 15) is 0 Å². The fraction of sp³-hybridized carbons (Fsp3) is 0.0159. The van der Waals surface area contributed by atoms with Crippen molar-refractivity contribution in [3.63, 3.8) is 0 Å². The summed E-state index contributed by atoms with van der Waals surface area (Å²) in [7, 11) is 0. The molecule has 0 atom stereocenters. The molecule has 10 aromatic carbocycles. The number of aromatic nitrogens is 3. The molecule has 14 aromatic rings. The zero-order valence-electron chi connectivity index (χ0n) is 36.4. The first-order chi connectivity index (χ1) is 33.8. The summed E-state index contributed by atoms with van der Waals surface area (Å²) in [5.74, 6) is 0.585. The van der Waals surface area contributed by atoms with Crippen molar-refractivity contribution in [2.45, 2.75) is 5.41 Å². The maximum Gasteiger partial charge on any atom is 0.235 e. The van der Waals surface area contributed by atoms with Gasteiger partial charge in [0.15, 0.2) is 0 Å². The van der Waals surface area contributed by atoms with Crippen molar-refractivity contribution in [1.82, 2.24) is 14.5 Å². The first-order valence-electron chi connectivity index (χ1n) is 23.2. The molecule has 314 valence electrons. The fourth-order valence-electron chi connectivity index (χ4n) is 12.5. The summed E-state index contributed by atoms with van der Waals surface area (Å²) >= 11 is 0. The molecule has 5 nitrogen and oxygen atoms in total. The summed E-state index contributed by atoms with van der Waals surface area (Å²) in [6, 6.07) is 76.3. The minimum Gasteiger partial charge on any atom is -0.456 e. The molecular weight excluding hydrogens is 831 g/mol. The number of hydrogen-bond acceptors (Lipinski definition) is 4. The largest absolute Gasteiger partial charge is 0.456 e. The van der Waals surface area contributed by atoms with Gasteiger partial charge in [-0.1, -0.05) is 176 Å². The lowest BCUT2D eigenvalue weighted by atomic mass is 9.70. The third kappa shape index (κ3) is 4.46. The summed E-state index contributed by atoms with van der Waals surface area (Å²) in [6.07, 6.45) is 0. The van der Waals surface area contributed by atoms with Gasteiger partial charge in [-0.05, 0) is 86.1 Å². The molecule has 4 heterocycles. The minimum atomic E-state index is -0.642. The zero-order valence-corrected chi connectivity index (χ0v) is 36.4. The van der Waals surface area contributed by atoms with E-state index in [0.29, 0.717) is 5.95 Å². The summed E-state index contributed by atoms with van der Waals surface area (Å²) in [6.45, 7) is 0. The number of fused-ring (bicyclic) bond motifs is 23. The molecule has 5 heteroatoms. The van der Waals surface area contributed by atoms with Gasteiger partial charge in [0.2, 0.25) is 5.95 Å². The van der Waals surface area contributed by atoms with Crippen LogP contribution in [0.2, 0.25) is 0 Å². The average molecular weight is 866 g/mol. The Morgan fingerprint density at radius 1 is 0.353 bits per heavy atom. The number of furan rings is 2. The molecule has 68 heavy (non-hydrogen) atoms. The first kappa shape index (κ1) is 36.2. The van der Waals surface area contributed by atoms with Gasteiger partial charge in [-0.3, -0.25) is 4.57 Å². The van der Waals surface area contributed by atoms with E-state index in [2.05, 4.69) is 193 Å². The monoisotopic (exact) mass is 865 g/mol. The Kier molecular flexibility index (Phi) is 6.95. The van der Waals surface area contributed by atoms with Crippen LogP contribution < -0.4 is 0 Å². The van der Waals surface area contributed by atoms with Crippen LogP contribution in [0.3, 0.4) is 0 Å². The van der Waals surface area contributed by atoms with Gasteiger partial charge in [-0.15, -0.1) is 0 Å². The van der Waals surface area contributed by atoms with Crippen LogP contribution in [0.5, 0.6) is 0 Å². The Labute approximate surface area is 388 Å². The van der Waals surface area contributed by atoms with E-state index in [-0.39, 0.29) is 0 Å². The molecule has 0 saturated heterocycles. The quantitative estimate of drug-likeness (QED) is 0.178. The lowest BCUT2D eigenvalue weighted by molar-refractivity contribution is 0.668. The summed E-state index contributed by atoms with van der Waals surface area (Å²) in [5.41, 5.74) is 18.5. The van der Waals surface area contributed by atoms with Gasteiger partial charge in [-0.25, -0.2) is 9.97 Å². The van der Waals surface area contributed by atoms with Crippen LogP contribution in [0.15, 0.2) is 221 Å². The van der Waals surface area contributed by atoms with Gasteiger partial charge >= 0.3 is 0 Å². The number of nitrogens with zero attached hydrogens (tertiary/aromatic N) is 3. The van der Waals surface area contributed by atoms with Crippen molar-refractivity contribution in [3.05, 3.63) is 235 Å². The molecule has 0 saturated carbocycles. The molecule has 0 unspecified atom stereocenters. The summed E-state index contributed by atoms with van der Waals surface area (Å²) < 4.78 is 15.4. The van der Waals surface area contributed by atoms with E-state index in [1.54, 1.807) is 0 Å². The first-order valence-corrected chi connectivity index (χ1v) is 23.2. The van der Waals surface area contributed by atoms with Crippen LogP contribution in [0.25, 0.3) is 127 Å². The SMILES string of the molecule is c1ccc2c(c1)-c1ccccc1C21c2ccccc2-c2c1c1c(c3ccccc23)c2ccccc2n1-c1nc(-c2cccc3oc4ccccc4c23)cc(-c2cccc3oc4ccccc4c23)n1. The van der Waals surface area contributed by atoms with E-state index in [0.717, 1.165) is 82.8 Å². The second kappa shape index (κ2) is 13.1. The molecule has 1 spiro atoms. The molecule has 16 rings (SSSR count). The van der Waals surface area contributed by atoms with Gasteiger partial charge < -0.3 is 8.83 Å². The minimum absolute atomic E-state index is 0.585. The highest BCUT2D eigenvalue weighted by molar-refractivity contribution is 6.28. The van der Waals surface area contributed by atoms with Crippen LogP contribution in [-0.4, -0.2) is 14.5 Å². The van der Waals surface area contributed by atoms with Crippen molar-refractivity contribution < 1.29 is 8.83 Å². The van der Waals surface area contributed by atoms with E-state index < -0.39 is 5.41 Å². The third-order valence-electron chi connectivity index (χ3n) is 15.0. The van der Waals surface area contributed by atoms with Gasteiger partial charge in [0.1, 0.15) is 22.3 Å². The zero-order chi connectivity index (χ0) is 44.2. The van der Waals surface area contributed by atoms with Crippen molar-refractivity contribution in [2.24, 2.45) is 0 Å². The van der Waals surface area contributed by atoms with E-state index >= 15 is 0 Å². The number of rotatable bonds is 3. The van der Waals surface area contributed by atoms with Gasteiger partial charge in [-0.2, -0.15) is 0 Å². The molecule has 2 aliphatic carbocycles. The average Bonchev–Trinajstić information content (AvgIpc) is 4.20. The standard InChI is InChI=1S/C63H35N3O2/c1-2-20-39-38(19-1)58-40-21-5-11-29-48(40)63(46-27-9-3-17-36(46)37-18-4-10-28-47(37)63)60(58)61-59(39)43-22-6-12-30-51(43)66(61)62-64-49(41-25-15-33-54-56(41)44-23-7-13-31-52(44)67-54)35-50(65-62)42-26-16-34-55-57(42)45-24-8-14-32-53(45)68-55/h1-35H. The highest BCUT2D eigenvalue weighted by atomic mass is 16.3. The van der Waals surface area contributed by atoms with Crippen molar-refractivity contribution >= 4 is 76.5 Å². The normalized spacial score (nSPS) is 13.4. The molecule has 0 fully saturated rings. The molecule has 4 aromatic heterocycles. The highest BCUT2D eigenvalue weighted by Gasteiger charge is 2.53. The van der Waals surface area contributed by atoms with E-state index in [1.165, 1.54) is 60.7 Å². The van der Waals surface area contributed by atoms with Gasteiger partial charge in [0.05, 0.1) is 27.8 Å². The van der Waals surface area contributed by atoms with Crippen LogP contribution in [0, 0.1) is 0 Å². The molecule has 0 N–H and O–H groups in total. The molecule has 0 amide bonds. The number of para-hydroxylation sites is 3. The second-order valence-electron chi connectivity index (χ2n) is 18.3. The van der Waals surface area contributed by atoms with Crippen molar-refractivity contribution in [2.75, 3.05) is 0 Å². The predicted octanol–water partition coefficient (Wildman–Crippen LogP) is 16.2. The van der Waals surface area contributed by atoms with Gasteiger partial charge in [0.25, 0.3) is 0 Å². The second-order valence-corrected chi connectivity index (χ2v) is 18.3. The van der Waals surface area contributed by atoms with Gasteiger partial charge in [0, 0.05) is 49.0 Å². The highest BCUT2D eigenvalue weighted by Crippen LogP contribution is 2.66. The Hall–Kier alpha value is -9.06. The smallest absolute Gasteiger partial charge is 0.235 e. The molecule has 0 bridgehead atoms. The molecule has 0 radical (unpaired) electrons. The number of hydrogen-bond donors (Lipinski definition) is 0. The Morgan fingerprint density at radius 2 is 0.794 bits per heavy atom. The maximum atomic E-state index is 6.51. The topological polar surface area (TPSA) is 57.0 Å². The van der Waals surface area contributed by atoms with Crippen LogP contribution in [0.1, 0.15) is 22.3 Å². The van der Waals surface area contributed by atoms with Crippen LogP contribution in [0.4, 0.5) is 0 Å². The predicted molar refractivity (Wildman–Crippen MR) is 276 cm³/mol. The number of benzene rings is 10. The molecule has 2 aliphatic rings. The lowest BCUT2D eigenvalue weighted by Gasteiger charge is -2.31. The molecular formula is C63H35N3O2. The Balaban J connectivity index is 1.12. The van der Waals surface area contributed by atoms with Crippen LogP contribution >= 0.6 is 0 Å². The Morgan fingerprint density at radius 3 is 1.40 bits per heavy atom.